The van der Waals surface area contributed by atoms with E-state index in [0.717, 1.165) is 47.5 Å². The van der Waals surface area contributed by atoms with Gasteiger partial charge in [0.15, 0.2) is 0 Å². The molecule has 0 spiro atoms. The maximum absolute atomic E-state index is 13.1. The van der Waals surface area contributed by atoms with Crippen LogP contribution in [0, 0.1) is 5.82 Å². The van der Waals surface area contributed by atoms with Crippen LogP contribution in [0.25, 0.3) is 22.0 Å². The van der Waals surface area contributed by atoms with Crippen molar-refractivity contribution in [2.45, 2.75) is 13.1 Å². The molecule has 0 radical (unpaired) electrons. The smallest absolute Gasteiger partial charge is 0.255 e. The van der Waals surface area contributed by atoms with Crippen molar-refractivity contribution in [3.05, 3.63) is 84.1 Å². The van der Waals surface area contributed by atoms with Crippen LogP contribution in [0.1, 0.15) is 16.2 Å². The predicted octanol–water partition coefficient (Wildman–Crippen LogP) is 4.20. The average Bonchev–Trinajstić information content (AvgIpc) is 3.18. The zero-order valence-electron chi connectivity index (χ0n) is 15.7. The normalized spacial score (nSPS) is 13.3. The summed E-state index contributed by atoms with van der Waals surface area (Å²) >= 11 is 0. The standard InChI is InChI=1S/C23H19FN4O/c24-19-6-3-16(4-7-19)23(29)27-20-8-5-15-1-2-17(11-18(15)12-20)21-13-26-22-14-25-9-10-28(21)22/h1-8,11-13,25H,9-10,14H2,(H,27,29). The molecule has 4 aromatic rings. The Bertz CT molecular complexity index is 1210. The van der Waals surface area contributed by atoms with Gasteiger partial charge >= 0.3 is 0 Å². The topological polar surface area (TPSA) is 59.0 Å². The molecule has 1 aliphatic rings. The van der Waals surface area contributed by atoms with Crippen molar-refractivity contribution >= 4 is 22.4 Å². The van der Waals surface area contributed by atoms with E-state index in [1.165, 1.54) is 24.3 Å². The Hall–Kier alpha value is -3.51. The minimum atomic E-state index is -0.363. The van der Waals surface area contributed by atoms with Gasteiger partial charge in [-0.25, -0.2) is 9.37 Å². The number of carbonyl (C=O) groups is 1. The quantitative estimate of drug-likeness (QED) is 0.555. The number of benzene rings is 3. The summed E-state index contributed by atoms with van der Waals surface area (Å²) in [5.74, 6) is 0.419. The first-order chi connectivity index (χ1) is 14.2. The molecule has 0 fully saturated rings. The Morgan fingerprint density at radius 3 is 2.72 bits per heavy atom. The van der Waals surface area contributed by atoms with Gasteiger partial charge in [-0.3, -0.25) is 4.79 Å². The maximum atomic E-state index is 13.1. The number of nitrogens with one attached hydrogen (secondary N) is 2. The van der Waals surface area contributed by atoms with E-state index in [-0.39, 0.29) is 11.7 Å². The molecule has 5 nitrogen and oxygen atoms in total. The van der Waals surface area contributed by atoms with E-state index in [9.17, 15) is 9.18 Å². The molecule has 0 bridgehead atoms. The summed E-state index contributed by atoms with van der Waals surface area (Å²) in [4.78, 5) is 17.0. The second kappa shape index (κ2) is 7.14. The highest BCUT2D eigenvalue weighted by Gasteiger charge is 2.15. The largest absolute Gasteiger partial charge is 0.326 e. The first-order valence-electron chi connectivity index (χ1n) is 9.54. The van der Waals surface area contributed by atoms with Gasteiger partial charge in [-0.05, 0) is 53.2 Å². The Kier molecular flexibility index (Phi) is 4.33. The van der Waals surface area contributed by atoms with E-state index in [1.54, 1.807) is 0 Å². The molecule has 29 heavy (non-hydrogen) atoms. The fourth-order valence-electron chi connectivity index (χ4n) is 3.71. The minimum absolute atomic E-state index is 0.266. The Balaban J connectivity index is 1.46. The van der Waals surface area contributed by atoms with E-state index in [2.05, 4.69) is 38.4 Å². The zero-order chi connectivity index (χ0) is 19.8. The summed E-state index contributed by atoms with van der Waals surface area (Å²) in [6.45, 7) is 2.62. The first kappa shape index (κ1) is 17.6. The summed E-state index contributed by atoms with van der Waals surface area (Å²) in [5, 5.41) is 8.34. The molecule has 144 valence electrons. The van der Waals surface area contributed by atoms with Crippen LogP contribution in [0.2, 0.25) is 0 Å². The number of anilines is 1. The number of aromatic nitrogens is 2. The Morgan fingerprint density at radius 1 is 1.03 bits per heavy atom. The molecular weight excluding hydrogens is 367 g/mol. The number of carbonyl (C=O) groups excluding carboxylic acids is 1. The molecule has 0 unspecified atom stereocenters. The minimum Gasteiger partial charge on any atom is -0.326 e. The monoisotopic (exact) mass is 386 g/mol. The predicted molar refractivity (Wildman–Crippen MR) is 111 cm³/mol. The van der Waals surface area contributed by atoms with Crippen LogP contribution >= 0.6 is 0 Å². The zero-order valence-corrected chi connectivity index (χ0v) is 15.7. The fourth-order valence-corrected chi connectivity index (χ4v) is 3.71. The van der Waals surface area contributed by atoms with Gasteiger partial charge in [-0.15, -0.1) is 0 Å². The van der Waals surface area contributed by atoms with E-state index < -0.39 is 0 Å². The summed E-state index contributed by atoms with van der Waals surface area (Å²) < 4.78 is 15.3. The molecule has 6 heteroatoms. The molecule has 1 amide bonds. The highest BCUT2D eigenvalue weighted by Crippen LogP contribution is 2.28. The van der Waals surface area contributed by atoms with Gasteiger partial charge in [0.05, 0.1) is 18.4 Å². The summed E-state index contributed by atoms with van der Waals surface area (Å²) in [6.07, 6.45) is 1.92. The van der Waals surface area contributed by atoms with Crippen molar-refractivity contribution in [1.29, 1.82) is 0 Å². The lowest BCUT2D eigenvalue weighted by Gasteiger charge is -2.17. The molecule has 1 aliphatic heterocycles. The van der Waals surface area contributed by atoms with E-state index in [4.69, 9.17) is 0 Å². The molecule has 0 aliphatic carbocycles. The summed E-state index contributed by atoms with van der Waals surface area (Å²) in [6, 6.07) is 17.6. The van der Waals surface area contributed by atoms with E-state index >= 15 is 0 Å². The number of imidazole rings is 1. The van der Waals surface area contributed by atoms with E-state index in [1.807, 2.05) is 24.4 Å². The highest BCUT2D eigenvalue weighted by atomic mass is 19.1. The van der Waals surface area contributed by atoms with Crippen LogP contribution in [0.3, 0.4) is 0 Å². The highest BCUT2D eigenvalue weighted by molar-refractivity contribution is 6.05. The molecular formula is C23H19FN4O. The van der Waals surface area contributed by atoms with Gasteiger partial charge in [0, 0.05) is 29.9 Å². The number of fused-ring (bicyclic) bond motifs is 2. The van der Waals surface area contributed by atoms with Gasteiger partial charge < -0.3 is 15.2 Å². The van der Waals surface area contributed by atoms with Crippen LogP contribution in [-0.4, -0.2) is 22.0 Å². The molecule has 0 saturated heterocycles. The third-order valence-electron chi connectivity index (χ3n) is 5.23. The van der Waals surface area contributed by atoms with E-state index in [0.29, 0.717) is 11.3 Å². The van der Waals surface area contributed by atoms with Gasteiger partial charge in [-0.2, -0.15) is 0 Å². The lowest BCUT2D eigenvalue weighted by molar-refractivity contribution is 0.102. The van der Waals surface area contributed by atoms with Crippen molar-refractivity contribution in [2.75, 3.05) is 11.9 Å². The van der Waals surface area contributed by atoms with Crippen LogP contribution in [0.5, 0.6) is 0 Å². The average molecular weight is 386 g/mol. The molecule has 1 aromatic heterocycles. The second-order valence-electron chi connectivity index (χ2n) is 7.13. The first-order valence-corrected chi connectivity index (χ1v) is 9.54. The summed E-state index contributed by atoms with van der Waals surface area (Å²) in [5.41, 5.74) is 3.31. The van der Waals surface area contributed by atoms with Crippen LogP contribution < -0.4 is 10.6 Å². The van der Waals surface area contributed by atoms with Crippen molar-refractivity contribution in [3.63, 3.8) is 0 Å². The molecule has 0 atom stereocenters. The van der Waals surface area contributed by atoms with Gasteiger partial charge in [0.2, 0.25) is 0 Å². The maximum Gasteiger partial charge on any atom is 0.255 e. The number of hydrogen-bond donors (Lipinski definition) is 2. The number of nitrogens with zero attached hydrogens (tertiary/aromatic N) is 2. The molecule has 2 N–H and O–H groups in total. The van der Waals surface area contributed by atoms with Gasteiger partial charge in [0.1, 0.15) is 11.6 Å². The van der Waals surface area contributed by atoms with Crippen molar-refractivity contribution in [3.8, 4) is 11.3 Å². The molecule has 0 saturated carbocycles. The van der Waals surface area contributed by atoms with Crippen LogP contribution in [-0.2, 0) is 13.1 Å². The number of amides is 1. The number of hydrogen-bond acceptors (Lipinski definition) is 3. The second-order valence-corrected chi connectivity index (χ2v) is 7.13. The van der Waals surface area contributed by atoms with Gasteiger partial charge in [-0.1, -0.05) is 18.2 Å². The Morgan fingerprint density at radius 2 is 1.86 bits per heavy atom. The van der Waals surface area contributed by atoms with Crippen molar-refractivity contribution in [2.24, 2.45) is 0 Å². The third-order valence-corrected chi connectivity index (χ3v) is 5.23. The molecule has 5 rings (SSSR count). The SMILES string of the molecule is O=C(Nc1ccc2ccc(-c3cnc4n3CCNC4)cc2c1)c1ccc(F)cc1. The summed E-state index contributed by atoms with van der Waals surface area (Å²) in [7, 11) is 0. The van der Waals surface area contributed by atoms with Gasteiger partial charge in [0.25, 0.3) is 5.91 Å². The molecule has 2 heterocycles. The number of rotatable bonds is 3. The van der Waals surface area contributed by atoms with Crippen LogP contribution in [0.15, 0.2) is 66.9 Å². The van der Waals surface area contributed by atoms with Crippen molar-refractivity contribution < 1.29 is 9.18 Å². The Labute approximate surface area is 167 Å². The lowest BCUT2D eigenvalue weighted by Crippen LogP contribution is -2.28. The molecule has 3 aromatic carbocycles. The lowest BCUT2D eigenvalue weighted by atomic mass is 10.0. The fraction of sp³-hybridized carbons (Fsp3) is 0.130. The third kappa shape index (κ3) is 3.39. The van der Waals surface area contributed by atoms with Crippen molar-refractivity contribution in [1.82, 2.24) is 14.9 Å². The number of halogens is 1. The van der Waals surface area contributed by atoms with Crippen LogP contribution in [0.4, 0.5) is 10.1 Å².